The number of nitrogens with one attached hydrogen (secondary N) is 6. The Morgan fingerprint density at radius 1 is 0.899 bits per heavy atom. The Morgan fingerprint density at radius 3 is 2.10 bits per heavy atom. The first-order chi connectivity index (χ1) is 32.4. The van der Waals surface area contributed by atoms with Crippen LogP contribution in [0.2, 0.25) is 0 Å². The van der Waals surface area contributed by atoms with Crippen molar-refractivity contribution < 1.29 is 58.1 Å². The zero-order chi connectivity index (χ0) is 52.0. The van der Waals surface area contributed by atoms with Gasteiger partial charge in [-0.1, -0.05) is 88.4 Å². The van der Waals surface area contributed by atoms with Gasteiger partial charge in [0.05, 0.1) is 31.0 Å². The predicted molar refractivity (Wildman–Crippen MR) is 255 cm³/mol. The number of likely N-dealkylation sites (N-methyl/N-ethyl adjacent to an activating group) is 1. The fraction of sp³-hybridized carbons (Fsp3) is 0.532. The third kappa shape index (κ3) is 20.8. The highest BCUT2D eigenvalue weighted by molar-refractivity contribution is 5.99. The van der Waals surface area contributed by atoms with Crippen LogP contribution in [-0.4, -0.2) is 138 Å². The van der Waals surface area contributed by atoms with Crippen molar-refractivity contribution in [1.82, 2.24) is 36.8 Å². The van der Waals surface area contributed by atoms with Gasteiger partial charge in [0.15, 0.2) is 5.96 Å². The molecular formula is C47H70N10O12. The summed E-state index contributed by atoms with van der Waals surface area (Å²) in [5.74, 6) is -11.0. The van der Waals surface area contributed by atoms with Crippen LogP contribution < -0.4 is 43.4 Å². The Kier molecular flexibility index (Phi) is 24.3. The lowest BCUT2D eigenvalue weighted by Crippen LogP contribution is -2.56. The van der Waals surface area contributed by atoms with Gasteiger partial charge >= 0.3 is 11.9 Å². The molecule has 12 N–H and O–H groups in total. The highest BCUT2D eigenvalue weighted by atomic mass is 16.5. The summed E-state index contributed by atoms with van der Waals surface area (Å²) in [5, 5.41) is 34.9. The number of carboxylic acids is 2. The first-order valence-corrected chi connectivity index (χ1v) is 22.6. The summed E-state index contributed by atoms with van der Waals surface area (Å²) in [6.45, 7) is 11.6. The first kappa shape index (κ1) is 58.0. The number of guanidine groups is 1. The van der Waals surface area contributed by atoms with Crippen LogP contribution in [-0.2, 0) is 54.3 Å². The van der Waals surface area contributed by atoms with Gasteiger partial charge in [0.1, 0.15) is 29.9 Å². The van der Waals surface area contributed by atoms with Crippen LogP contribution >= 0.6 is 0 Å². The minimum absolute atomic E-state index is 0.0189. The van der Waals surface area contributed by atoms with Crippen molar-refractivity contribution >= 4 is 59.2 Å². The Balaban J connectivity index is 2.66. The predicted octanol–water partition coefficient (Wildman–Crippen LogP) is -0.0161. The number of carbonyl (C=O) groups is 9. The molecule has 22 nitrogen and oxygen atoms in total. The lowest BCUT2D eigenvalue weighted by atomic mass is 9.94. The number of carbonyl (C=O) groups excluding carboxylic acids is 7. The number of aliphatic carboxylic acids is 2. The smallest absolute Gasteiger partial charge is 0.326 e. The Hall–Kier alpha value is -7.10. The number of benzene rings is 1. The third-order valence-electron chi connectivity index (χ3n) is 11.2. The number of methoxy groups -OCH3 is 1. The van der Waals surface area contributed by atoms with Gasteiger partial charge in [-0.05, 0) is 50.5 Å². The van der Waals surface area contributed by atoms with Gasteiger partial charge in [-0.3, -0.25) is 38.6 Å². The third-order valence-corrected chi connectivity index (χ3v) is 11.2. The molecule has 1 aromatic rings. The van der Waals surface area contributed by atoms with Crippen molar-refractivity contribution in [3.63, 3.8) is 0 Å². The number of amides is 7. The van der Waals surface area contributed by atoms with E-state index in [1.54, 1.807) is 34.0 Å². The summed E-state index contributed by atoms with van der Waals surface area (Å²) in [4.78, 5) is 124. The molecule has 380 valence electrons. The van der Waals surface area contributed by atoms with E-state index in [1.165, 1.54) is 20.0 Å². The van der Waals surface area contributed by atoms with Gasteiger partial charge in [-0.2, -0.15) is 0 Å². The van der Waals surface area contributed by atoms with Crippen LogP contribution in [0.3, 0.4) is 0 Å². The second kappa shape index (κ2) is 28.9. The molecule has 1 saturated heterocycles. The SMILES string of the molecule is C=C1C(=O)NCC(=O)N[C@@H](CC(C)C)C(=O)N[C@@H](C(=O)O)CC(=O)N[C@@H](CCCN=C(N)N)C(=O)N[C@@H](/C=C/C(C)=C/[C@H](C)[C@H](Cc2ccccc2)OC)[C@H](C)C(=O)N[C@@H](C(=O)O)CCC(=O)N1C. The highest BCUT2D eigenvalue weighted by Crippen LogP contribution is 2.18. The van der Waals surface area contributed by atoms with Crippen molar-refractivity contribution in [1.29, 1.82) is 0 Å². The fourth-order valence-electron chi connectivity index (χ4n) is 7.12. The van der Waals surface area contributed by atoms with E-state index >= 15 is 0 Å². The minimum Gasteiger partial charge on any atom is -0.480 e. The topological polar surface area (TPSA) is 343 Å². The maximum absolute atomic E-state index is 14.2. The Morgan fingerprint density at radius 2 is 1.51 bits per heavy atom. The van der Waals surface area contributed by atoms with E-state index in [2.05, 4.69) is 43.5 Å². The summed E-state index contributed by atoms with van der Waals surface area (Å²) in [6, 6.07) is 2.42. The molecule has 0 aromatic heterocycles. The summed E-state index contributed by atoms with van der Waals surface area (Å²) >= 11 is 0. The largest absolute Gasteiger partial charge is 0.480 e. The first-order valence-electron chi connectivity index (χ1n) is 22.6. The Bertz CT molecular complexity index is 2090. The second-order valence-corrected chi connectivity index (χ2v) is 17.4. The average molecular weight is 967 g/mol. The maximum Gasteiger partial charge on any atom is 0.326 e. The number of carboxylic acid groups (broad SMARTS) is 2. The van der Waals surface area contributed by atoms with Crippen molar-refractivity contribution in [2.75, 3.05) is 27.2 Å². The normalized spacial score (nSPS) is 23.5. The van der Waals surface area contributed by atoms with Crippen LogP contribution in [0.5, 0.6) is 0 Å². The molecule has 0 unspecified atom stereocenters. The quantitative estimate of drug-likeness (QED) is 0.0364. The van der Waals surface area contributed by atoms with Gasteiger partial charge in [0.25, 0.3) is 5.91 Å². The van der Waals surface area contributed by atoms with Crippen LogP contribution in [0, 0.1) is 17.8 Å². The molecule has 1 aliphatic heterocycles. The molecule has 1 heterocycles. The monoisotopic (exact) mass is 967 g/mol. The van der Waals surface area contributed by atoms with Gasteiger partial charge in [-0.25, -0.2) is 9.59 Å². The summed E-state index contributed by atoms with van der Waals surface area (Å²) < 4.78 is 5.80. The van der Waals surface area contributed by atoms with Gasteiger partial charge < -0.3 is 63.2 Å². The number of hydrogen-bond donors (Lipinski definition) is 10. The number of aliphatic imine (C=N–C) groups is 1. The van der Waals surface area contributed by atoms with E-state index in [-0.39, 0.29) is 49.7 Å². The van der Waals surface area contributed by atoms with E-state index in [4.69, 9.17) is 16.2 Å². The number of nitrogens with two attached hydrogens (primary N) is 2. The van der Waals surface area contributed by atoms with E-state index in [0.717, 1.165) is 10.5 Å². The lowest BCUT2D eigenvalue weighted by molar-refractivity contribution is -0.144. The number of rotatable bonds is 15. The van der Waals surface area contributed by atoms with Crippen LogP contribution in [0.15, 0.2) is 71.4 Å². The molecule has 0 aliphatic carbocycles. The molecular weight excluding hydrogens is 897 g/mol. The van der Waals surface area contributed by atoms with Crippen molar-refractivity contribution in [3.05, 3.63) is 72.0 Å². The average Bonchev–Trinajstić information content (AvgIpc) is 3.28. The summed E-state index contributed by atoms with van der Waals surface area (Å²) in [7, 11) is 2.82. The van der Waals surface area contributed by atoms with Gasteiger partial charge in [0.2, 0.25) is 35.4 Å². The molecule has 7 amide bonds. The molecule has 22 heteroatoms. The van der Waals surface area contributed by atoms with Crippen LogP contribution in [0.1, 0.15) is 78.7 Å². The number of nitrogens with zero attached hydrogens (tertiary/aromatic N) is 2. The van der Waals surface area contributed by atoms with Gasteiger partial charge in [0, 0.05) is 33.0 Å². The van der Waals surface area contributed by atoms with E-state index in [0.29, 0.717) is 12.0 Å². The number of ether oxygens (including phenoxy) is 1. The standard InChI is InChI=1S/C47H70N10O12/c1-26(2)21-35-44(64)56-36(46(67)68)24-38(58)52-33(15-12-20-50-47(48)49)43(63)54-32(17-16-27(3)22-28(4)37(69-8)23-31-13-10-9-11-14-31)29(5)41(61)55-34(45(65)66)18-19-40(60)57(7)30(6)42(62)51-25-39(59)53-35/h9-11,13-14,16-17,22,26,28-29,32-37H,6,12,15,18-21,23-25H2,1-5,7-8H3,(H,51,62)(H,52,58)(H,53,59)(H,54,63)(H,55,61)(H,56,64)(H,65,66)(H,67,68)(H4,48,49,50)/b17-16+,27-22+/t28-,29-,32-,33-,34+,35-,36+,37-/m0/s1. The van der Waals surface area contributed by atoms with Crippen molar-refractivity contribution in [2.24, 2.45) is 34.2 Å². The lowest BCUT2D eigenvalue weighted by Gasteiger charge is -2.27. The molecule has 1 aliphatic rings. The number of allylic oxidation sites excluding steroid dienone is 2. The second-order valence-electron chi connectivity index (χ2n) is 17.4. The molecule has 1 fully saturated rings. The van der Waals surface area contributed by atoms with Crippen LogP contribution in [0.4, 0.5) is 0 Å². The molecule has 1 aromatic carbocycles. The summed E-state index contributed by atoms with van der Waals surface area (Å²) in [5.41, 5.74) is 12.3. The highest BCUT2D eigenvalue weighted by Gasteiger charge is 2.34. The zero-order valence-electron chi connectivity index (χ0n) is 40.4. The molecule has 0 bridgehead atoms. The summed E-state index contributed by atoms with van der Waals surface area (Å²) in [6.07, 6.45) is 3.82. The molecule has 0 radical (unpaired) electrons. The van der Waals surface area contributed by atoms with E-state index in [9.17, 15) is 53.4 Å². The van der Waals surface area contributed by atoms with E-state index in [1.807, 2.05) is 43.3 Å². The zero-order valence-corrected chi connectivity index (χ0v) is 40.4. The van der Waals surface area contributed by atoms with E-state index < -0.39 is 121 Å². The Labute approximate surface area is 402 Å². The van der Waals surface area contributed by atoms with Crippen molar-refractivity contribution in [2.45, 2.75) is 116 Å². The number of hydrogen-bond acceptors (Lipinski definition) is 11. The van der Waals surface area contributed by atoms with Gasteiger partial charge in [-0.15, -0.1) is 0 Å². The van der Waals surface area contributed by atoms with Crippen molar-refractivity contribution in [3.8, 4) is 0 Å². The molecule has 0 spiro atoms. The maximum atomic E-state index is 14.2. The molecule has 8 atom stereocenters. The molecule has 69 heavy (non-hydrogen) atoms. The molecule has 2 rings (SSSR count). The molecule has 0 saturated carbocycles. The van der Waals surface area contributed by atoms with Crippen LogP contribution in [0.25, 0.3) is 0 Å². The minimum atomic E-state index is -1.84. The fourth-order valence-corrected chi connectivity index (χ4v) is 7.12.